The smallest absolute Gasteiger partial charge is 0.227 e. The second kappa shape index (κ2) is 8.45. The molecule has 3 atom stereocenters. The van der Waals surface area contributed by atoms with Gasteiger partial charge in [0.15, 0.2) is 0 Å². The van der Waals surface area contributed by atoms with Crippen molar-refractivity contribution in [3.8, 4) is 0 Å². The summed E-state index contributed by atoms with van der Waals surface area (Å²) in [5, 5.41) is 6.40. The zero-order valence-electron chi connectivity index (χ0n) is 11.7. The van der Waals surface area contributed by atoms with Crippen molar-refractivity contribution in [1.82, 2.24) is 10.6 Å². The summed E-state index contributed by atoms with van der Waals surface area (Å²) in [6, 6.07) is 0.236. The van der Waals surface area contributed by atoms with Gasteiger partial charge in [-0.05, 0) is 19.4 Å². The van der Waals surface area contributed by atoms with Gasteiger partial charge in [-0.1, -0.05) is 13.8 Å². The van der Waals surface area contributed by atoms with Crippen molar-refractivity contribution >= 4 is 5.91 Å². The minimum Gasteiger partial charge on any atom is -0.383 e. The number of carbonyl (C=O) groups is 1. The molecule has 1 fully saturated rings. The van der Waals surface area contributed by atoms with E-state index in [1.54, 1.807) is 7.11 Å². The van der Waals surface area contributed by atoms with Crippen LogP contribution >= 0.6 is 0 Å². The van der Waals surface area contributed by atoms with Gasteiger partial charge in [0.25, 0.3) is 0 Å². The second-order valence-electron chi connectivity index (χ2n) is 4.77. The van der Waals surface area contributed by atoms with E-state index in [0.717, 1.165) is 19.4 Å². The van der Waals surface area contributed by atoms with E-state index in [-0.39, 0.29) is 23.9 Å². The summed E-state index contributed by atoms with van der Waals surface area (Å²) in [5.41, 5.74) is 0. The molecule has 0 spiro atoms. The van der Waals surface area contributed by atoms with E-state index in [4.69, 9.17) is 9.47 Å². The van der Waals surface area contributed by atoms with Crippen molar-refractivity contribution in [2.45, 2.75) is 38.8 Å². The number of rotatable bonds is 8. The first-order valence-electron chi connectivity index (χ1n) is 6.83. The van der Waals surface area contributed by atoms with Crippen LogP contribution in [-0.4, -0.2) is 51.5 Å². The Labute approximate surface area is 110 Å². The molecule has 1 aliphatic heterocycles. The highest BCUT2D eigenvalue weighted by atomic mass is 16.5. The fraction of sp³-hybridized carbons (Fsp3) is 0.923. The Hall–Kier alpha value is -0.650. The van der Waals surface area contributed by atoms with Gasteiger partial charge in [0.05, 0.1) is 31.8 Å². The Kier molecular flexibility index (Phi) is 7.23. The molecule has 5 nitrogen and oxygen atoms in total. The minimum atomic E-state index is -0.0811. The number of hydrogen-bond acceptors (Lipinski definition) is 4. The molecule has 1 saturated heterocycles. The van der Waals surface area contributed by atoms with Gasteiger partial charge in [-0.25, -0.2) is 0 Å². The normalized spacial score (nSPS) is 25.1. The van der Waals surface area contributed by atoms with E-state index < -0.39 is 0 Å². The lowest BCUT2D eigenvalue weighted by molar-refractivity contribution is -0.126. The summed E-state index contributed by atoms with van der Waals surface area (Å²) in [5.74, 6) is -0.00698. The molecule has 1 heterocycles. The number of amides is 1. The average molecular weight is 258 g/mol. The maximum absolute atomic E-state index is 12.2. The van der Waals surface area contributed by atoms with E-state index in [2.05, 4.69) is 17.6 Å². The first kappa shape index (κ1) is 15.4. The predicted molar refractivity (Wildman–Crippen MR) is 70.5 cm³/mol. The van der Waals surface area contributed by atoms with Crippen LogP contribution in [-0.2, 0) is 14.3 Å². The third kappa shape index (κ3) is 4.55. The van der Waals surface area contributed by atoms with Crippen LogP contribution in [0.5, 0.6) is 0 Å². The second-order valence-corrected chi connectivity index (χ2v) is 4.77. The van der Waals surface area contributed by atoms with Crippen LogP contribution in [0, 0.1) is 5.92 Å². The van der Waals surface area contributed by atoms with Crippen LogP contribution in [0.25, 0.3) is 0 Å². The molecule has 1 rings (SSSR count). The van der Waals surface area contributed by atoms with Crippen LogP contribution in [0.3, 0.4) is 0 Å². The molecule has 0 radical (unpaired) electrons. The maximum Gasteiger partial charge on any atom is 0.227 e. The lowest BCUT2D eigenvalue weighted by atomic mass is 10.0. The van der Waals surface area contributed by atoms with Crippen molar-refractivity contribution in [2.75, 3.05) is 33.5 Å². The van der Waals surface area contributed by atoms with Gasteiger partial charge < -0.3 is 20.1 Å². The number of carbonyl (C=O) groups excluding carboxylic acids is 1. The highest BCUT2D eigenvalue weighted by molar-refractivity contribution is 5.80. The van der Waals surface area contributed by atoms with Gasteiger partial charge in [-0.3, -0.25) is 4.79 Å². The number of methoxy groups -OCH3 is 1. The van der Waals surface area contributed by atoms with Gasteiger partial charge in [-0.2, -0.15) is 0 Å². The Bertz CT molecular complexity index is 248. The predicted octanol–water partition coefficient (Wildman–Crippen LogP) is 0.542. The fourth-order valence-corrected chi connectivity index (χ4v) is 2.11. The number of nitrogens with one attached hydrogen (secondary N) is 2. The lowest BCUT2D eigenvalue weighted by Gasteiger charge is -2.22. The van der Waals surface area contributed by atoms with E-state index in [0.29, 0.717) is 19.8 Å². The van der Waals surface area contributed by atoms with E-state index in [1.165, 1.54) is 0 Å². The van der Waals surface area contributed by atoms with Crippen molar-refractivity contribution in [3.05, 3.63) is 0 Å². The van der Waals surface area contributed by atoms with Gasteiger partial charge >= 0.3 is 0 Å². The Morgan fingerprint density at radius 3 is 2.83 bits per heavy atom. The summed E-state index contributed by atoms with van der Waals surface area (Å²) in [4.78, 5) is 12.2. The SMILES string of the molecule is CCCNC1COCC1C(=O)NC(CC)COC. The van der Waals surface area contributed by atoms with Gasteiger partial charge in [-0.15, -0.1) is 0 Å². The Balaban J connectivity index is 2.43. The van der Waals surface area contributed by atoms with E-state index in [9.17, 15) is 4.79 Å². The summed E-state index contributed by atoms with van der Waals surface area (Å²) < 4.78 is 10.5. The standard InChI is InChI=1S/C13H26N2O3/c1-4-6-14-12-9-18-8-11(12)13(16)15-10(5-2)7-17-3/h10-12,14H,4-9H2,1-3H3,(H,15,16). The lowest BCUT2D eigenvalue weighted by Crippen LogP contribution is -2.48. The first-order chi connectivity index (χ1) is 8.72. The van der Waals surface area contributed by atoms with E-state index in [1.807, 2.05) is 6.92 Å². The average Bonchev–Trinajstić information content (AvgIpc) is 2.84. The third-order valence-electron chi connectivity index (χ3n) is 3.28. The Morgan fingerprint density at radius 1 is 1.44 bits per heavy atom. The molecule has 0 bridgehead atoms. The molecule has 1 aliphatic rings. The van der Waals surface area contributed by atoms with Gasteiger partial charge in [0, 0.05) is 13.2 Å². The molecular weight excluding hydrogens is 232 g/mol. The number of ether oxygens (including phenoxy) is 2. The highest BCUT2D eigenvalue weighted by Gasteiger charge is 2.34. The Morgan fingerprint density at radius 2 is 2.22 bits per heavy atom. The molecule has 0 aliphatic carbocycles. The molecule has 1 amide bonds. The van der Waals surface area contributed by atoms with Crippen molar-refractivity contribution < 1.29 is 14.3 Å². The third-order valence-corrected chi connectivity index (χ3v) is 3.28. The summed E-state index contributed by atoms with van der Waals surface area (Å²) in [6.45, 7) is 6.78. The van der Waals surface area contributed by atoms with Crippen LogP contribution in [0.2, 0.25) is 0 Å². The van der Waals surface area contributed by atoms with Gasteiger partial charge in [0.1, 0.15) is 0 Å². The zero-order valence-corrected chi connectivity index (χ0v) is 11.7. The van der Waals surface area contributed by atoms with Crippen LogP contribution < -0.4 is 10.6 Å². The largest absolute Gasteiger partial charge is 0.383 e. The van der Waals surface area contributed by atoms with Gasteiger partial charge in [0.2, 0.25) is 5.91 Å². The van der Waals surface area contributed by atoms with Crippen LogP contribution in [0.1, 0.15) is 26.7 Å². The molecule has 106 valence electrons. The van der Waals surface area contributed by atoms with Crippen molar-refractivity contribution in [3.63, 3.8) is 0 Å². The zero-order chi connectivity index (χ0) is 13.4. The first-order valence-corrected chi connectivity index (χ1v) is 6.83. The highest BCUT2D eigenvalue weighted by Crippen LogP contribution is 2.14. The van der Waals surface area contributed by atoms with Crippen LogP contribution in [0.4, 0.5) is 0 Å². The molecule has 0 saturated carbocycles. The topological polar surface area (TPSA) is 59.6 Å². The van der Waals surface area contributed by atoms with E-state index >= 15 is 0 Å². The summed E-state index contributed by atoms with van der Waals surface area (Å²) >= 11 is 0. The summed E-state index contributed by atoms with van der Waals surface area (Å²) in [6.07, 6.45) is 1.94. The minimum absolute atomic E-state index is 0.0741. The molecule has 5 heteroatoms. The molecule has 0 aromatic rings. The molecule has 2 N–H and O–H groups in total. The van der Waals surface area contributed by atoms with Crippen LogP contribution in [0.15, 0.2) is 0 Å². The molecule has 0 aromatic heterocycles. The summed E-state index contributed by atoms with van der Waals surface area (Å²) in [7, 11) is 1.65. The molecule has 18 heavy (non-hydrogen) atoms. The number of hydrogen-bond donors (Lipinski definition) is 2. The molecule has 0 aromatic carbocycles. The monoisotopic (exact) mass is 258 g/mol. The van der Waals surface area contributed by atoms with Crippen molar-refractivity contribution in [1.29, 1.82) is 0 Å². The molecule has 3 unspecified atom stereocenters. The molecular formula is C13H26N2O3. The fourth-order valence-electron chi connectivity index (χ4n) is 2.11. The van der Waals surface area contributed by atoms with Crippen molar-refractivity contribution in [2.24, 2.45) is 5.92 Å². The maximum atomic E-state index is 12.2. The quantitative estimate of drug-likeness (QED) is 0.667.